The number of rotatable bonds is 2. The van der Waals surface area contributed by atoms with Gasteiger partial charge in [0.15, 0.2) is 5.72 Å². The summed E-state index contributed by atoms with van der Waals surface area (Å²) in [5, 5.41) is 35.3. The summed E-state index contributed by atoms with van der Waals surface area (Å²) in [7, 11) is 1.40. The van der Waals surface area contributed by atoms with Gasteiger partial charge in [-0.3, -0.25) is 4.90 Å². The third-order valence-electron chi connectivity index (χ3n) is 9.51. The Bertz CT molecular complexity index is 936. The van der Waals surface area contributed by atoms with E-state index in [1.807, 2.05) is 13.0 Å². The standard InChI is InChI=1S/C23H29NO5/c1-13-10-24-11-15-5-3-14-4-6-16-17(19(26)29-2)9-21(18(14)16)20(15,12-25)7-8-22(13,27)23(21,24)28/h7-8,13,15,25,27-28H,3-6,9-12H2,1-2H3/t13-,15+,20+,21+,22-,23-/m0/s1. The topological polar surface area (TPSA) is 90.2 Å². The number of esters is 1. The molecular formula is C23H29NO5. The summed E-state index contributed by atoms with van der Waals surface area (Å²) >= 11 is 0. The van der Waals surface area contributed by atoms with E-state index in [1.54, 1.807) is 6.08 Å². The molecule has 2 fully saturated rings. The molecule has 6 nitrogen and oxygen atoms in total. The van der Waals surface area contributed by atoms with Gasteiger partial charge in [0.1, 0.15) is 5.60 Å². The Labute approximate surface area is 170 Å². The van der Waals surface area contributed by atoms with Gasteiger partial charge < -0.3 is 20.1 Å². The fourth-order valence-corrected chi connectivity index (χ4v) is 8.29. The van der Waals surface area contributed by atoms with Crippen molar-refractivity contribution in [3.63, 3.8) is 0 Å². The molecule has 6 heteroatoms. The molecule has 29 heavy (non-hydrogen) atoms. The third kappa shape index (κ3) is 1.58. The fraction of sp³-hybridized carbons (Fsp3) is 0.696. The molecular weight excluding hydrogens is 370 g/mol. The normalized spacial score (nSPS) is 49.6. The lowest BCUT2D eigenvalue weighted by atomic mass is 9.43. The molecule has 0 unspecified atom stereocenters. The minimum atomic E-state index is -1.55. The molecule has 0 saturated carbocycles. The van der Waals surface area contributed by atoms with Crippen molar-refractivity contribution in [3.8, 4) is 0 Å². The first-order valence-electron chi connectivity index (χ1n) is 10.8. The Kier molecular flexibility index (Phi) is 3.30. The van der Waals surface area contributed by atoms with E-state index < -0.39 is 22.2 Å². The van der Waals surface area contributed by atoms with Crippen LogP contribution in [0, 0.1) is 22.7 Å². The van der Waals surface area contributed by atoms with Gasteiger partial charge in [-0.15, -0.1) is 0 Å². The number of aliphatic hydroxyl groups excluding tert-OH is 1. The summed E-state index contributed by atoms with van der Waals surface area (Å²) < 4.78 is 5.14. The first-order chi connectivity index (χ1) is 13.8. The number of carbonyl (C=O) groups is 1. The second-order valence-electron chi connectivity index (χ2n) is 10.1. The average Bonchev–Trinajstić information content (AvgIpc) is 3.32. The lowest BCUT2D eigenvalue weighted by Crippen LogP contribution is -2.79. The van der Waals surface area contributed by atoms with Crippen LogP contribution in [0.15, 0.2) is 34.4 Å². The van der Waals surface area contributed by atoms with Crippen LogP contribution in [-0.4, -0.2) is 64.3 Å². The summed E-state index contributed by atoms with van der Waals surface area (Å²) in [6.45, 7) is 3.13. The van der Waals surface area contributed by atoms with Gasteiger partial charge in [-0.2, -0.15) is 0 Å². The highest BCUT2D eigenvalue weighted by molar-refractivity contribution is 5.93. The lowest BCUT2D eigenvalue weighted by Gasteiger charge is -2.68. The number of piperidine rings is 1. The van der Waals surface area contributed by atoms with Gasteiger partial charge in [0.05, 0.1) is 19.1 Å². The highest BCUT2D eigenvalue weighted by Gasteiger charge is 2.83. The second-order valence-corrected chi connectivity index (χ2v) is 10.1. The van der Waals surface area contributed by atoms with Crippen LogP contribution in [0.2, 0.25) is 0 Å². The van der Waals surface area contributed by atoms with E-state index in [0.29, 0.717) is 25.1 Å². The van der Waals surface area contributed by atoms with E-state index in [4.69, 9.17) is 4.74 Å². The Balaban J connectivity index is 1.73. The quantitative estimate of drug-likeness (QED) is 0.479. The Morgan fingerprint density at radius 2 is 2.03 bits per heavy atom. The smallest absolute Gasteiger partial charge is 0.334 e. The van der Waals surface area contributed by atoms with Gasteiger partial charge in [0.2, 0.25) is 0 Å². The molecule has 0 aromatic heterocycles. The van der Waals surface area contributed by atoms with Crippen molar-refractivity contribution in [2.45, 2.75) is 50.4 Å². The number of nitrogens with zero attached hydrogens (tertiary/aromatic N) is 1. The van der Waals surface area contributed by atoms with E-state index in [-0.39, 0.29) is 24.4 Å². The second kappa shape index (κ2) is 5.22. The van der Waals surface area contributed by atoms with Crippen molar-refractivity contribution in [3.05, 3.63) is 34.4 Å². The molecule has 6 atom stereocenters. The maximum atomic E-state index is 12.8. The Morgan fingerprint density at radius 1 is 1.24 bits per heavy atom. The number of ether oxygens (including phenoxy) is 1. The molecule has 1 spiro atoms. The average molecular weight is 399 g/mol. The molecule has 4 bridgehead atoms. The maximum absolute atomic E-state index is 12.8. The van der Waals surface area contributed by atoms with Crippen LogP contribution in [0.3, 0.4) is 0 Å². The molecule has 6 aliphatic rings. The molecule has 0 amide bonds. The summed E-state index contributed by atoms with van der Waals surface area (Å²) in [5.74, 6) is -0.339. The first-order valence-corrected chi connectivity index (χ1v) is 10.8. The van der Waals surface area contributed by atoms with Crippen molar-refractivity contribution in [2.75, 3.05) is 26.8 Å². The van der Waals surface area contributed by atoms with Crippen LogP contribution in [-0.2, 0) is 9.53 Å². The molecule has 0 aromatic rings. The van der Waals surface area contributed by atoms with Crippen LogP contribution in [0.1, 0.15) is 39.0 Å². The zero-order chi connectivity index (χ0) is 20.4. The minimum absolute atomic E-state index is 0.104. The number of hydrogen-bond donors (Lipinski definition) is 3. The maximum Gasteiger partial charge on any atom is 0.334 e. The largest absolute Gasteiger partial charge is 0.466 e. The lowest BCUT2D eigenvalue weighted by molar-refractivity contribution is -0.306. The molecule has 3 N–H and O–H groups in total. The molecule has 156 valence electrons. The monoisotopic (exact) mass is 399 g/mol. The number of hydrogen-bond acceptors (Lipinski definition) is 6. The Morgan fingerprint density at radius 3 is 2.76 bits per heavy atom. The van der Waals surface area contributed by atoms with Gasteiger partial charge in [-0.25, -0.2) is 4.79 Å². The SMILES string of the molecule is COC(=O)C1=C2CCC3=C2[C@@]2(C1)[C@@]1(O)N4C[C@@H](CC3)[C@]2(CO)C=C[C@]1(O)[C@@H](C)C4. The highest BCUT2D eigenvalue weighted by Crippen LogP contribution is 2.77. The van der Waals surface area contributed by atoms with Gasteiger partial charge in [0.25, 0.3) is 0 Å². The summed E-state index contributed by atoms with van der Waals surface area (Å²) in [6.07, 6.45) is 7.63. The summed E-state index contributed by atoms with van der Waals surface area (Å²) in [5.41, 5.74) is -0.613. The minimum Gasteiger partial charge on any atom is -0.466 e. The zero-order valence-electron chi connectivity index (χ0n) is 17.1. The molecule has 0 radical (unpaired) electrons. The molecule has 2 aliphatic heterocycles. The van der Waals surface area contributed by atoms with Crippen molar-refractivity contribution in [2.24, 2.45) is 22.7 Å². The third-order valence-corrected chi connectivity index (χ3v) is 9.51. The van der Waals surface area contributed by atoms with E-state index in [2.05, 4.69) is 4.90 Å². The van der Waals surface area contributed by atoms with Crippen molar-refractivity contribution >= 4 is 5.97 Å². The van der Waals surface area contributed by atoms with E-state index in [0.717, 1.165) is 36.8 Å². The van der Waals surface area contributed by atoms with Gasteiger partial charge in [-0.05, 0) is 49.2 Å². The molecule has 4 aliphatic carbocycles. The van der Waals surface area contributed by atoms with Crippen molar-refractivity contribution in [1.29, 1.82) is 0 Å². The van der Waals surface area contributed by atoms with Gasteiger partial charge in [0, 0.05) is 30.0 Å². The first kappa shape index (κ1) is 18.3. The van der Waals surface area contributed by atoms with Gasteiger partial charge in [-0.1, -0.05) is 24.6 Å². The Hall–Kier alpha value is -1.47. The molecule has 0 aromatic carbocycles. The van der Waals surface area contributed by atoms with E-state index in [9.17, 15) is 20.1 Å². The molecule has 2 heterocycles. The number of allylic oxidation sites excluding steroid dienone is 2. The van der Waals surface area contributed by atoms with Gasteiger partial charge >= 0.3 is 5.97 Å². The number of methoxy groups -OCH3 is 1. The van der Waals surface area contributed by atoms with Crippen molar-refractivity contribution < 1.29 is 24.9 Å². The van der Waals surface area contributed by atoms with Crippen LogP contribution in [0.4, 0.5) is 0 Å². The van der Waals surface area contributed by atoms with Crippen LogP contribution >= 0.6 is 0 Å². The van der Waals surface area contributed by atoms with E-state index in [1.165, 1.54) is 12.7 Å². The predicted octanol–water partition coefficient (Wildman–Crippen LogP) is 1.28. The summed E-state index contributed by atoms with van der Waals surface area (Å²) in [6, 6.07) is 0. The number of aliphatic hydroxyl groups is 3. The zero-order valence-corrected chi connectivity index (χ0v) is 17.1. The van der Waals surface area contributed by atoms with Crippen LogP contribution in [0.5, 0.6) is 0 Å². The summed E-state index contributed by atoms with van der Waals surface area (Å²) in [4.78, 5) is 14.8. The fourth-order valence-electron chi connectivity index (χ4n) is 8.29. The molecule has 2 saturated heterocycles. The highest BCUT2D eigenvalue weighted by atomic mass is 16.5. The number of carbonyl (C=O) groups excluding carboxylic acids is 1. The molecule has 6 rings (SSSR count). The predicted molar refractivity (Wildman–Crippen MR) is 104 cm³/mol. The van der Waals surface area contributed by atoms with Crippen molar-refractivity contribution in [1.82, 2.24) is 4.90 Å². The van der Waals surface area contributed by atoms with E-state index >= 15 is 0 Å². The van der Waals surface area contributed by atoms with Crippen LogP contribution < -0.4 is 0 Å². The van der Waals surface area contributed by atoms with Crippen LogP contribution in [0.25, 0.3) is 0 Å².